The van der Waals surface area contributed by atoms with Gasteiger partial charge >= 0.3 is 6.09 Å². The maximum atomic E-state index is 13.8. The number of nitrogens with one attached hydrogen (secondary N) is 1. The smallest absolute Gasteiger partial charge is 0.414 e. The number of carbonyl (C=O) groups is 1. The highest BCUT2D eigenvalue weighted by molar-refractivity contribution is 6.28. The van der Waals surface area contributed by atoms with E-state index < -0.39 is 11.8 Å². The quantitative estimate of drug-likeness (QED) is 0.931. The minimum absolute atomic E-state index is 0.0902. The number of benzene rings is 1. The molecule has 0 aliphatic carbocycles. The zero-order valence-corrected chi connectivity index (χ0v) is 12.8. The van der Waals surface area contributed by atoms with Crippen molar-refractivity contribution in [3.05, 3.63) is 47.0 Å². The first-order valence-electron chi connectivity index (χ1n) is 6.43. The molecule has 2 rings (SSSR count). The Bertz CT molecular complexity index is 662. The van der Waals surface area contributed by atoms with Crippen molar-refractivity contribution in [2.45, 2.75) is 26.1 Å². The van der Waals surface area contributed by atoms with Gasteiger partial charge in [0.15, 0.2) is 11.5 Å². The molecule has 0 bridgehead atoms. The second kappa shape index (κ2) is 6.65. The van der Waals surface area contributed by atoms with Crippen LogP contribution in [0, 0.1) is 0 Å². The Morgan fingerprint density at radius 1 is 1.27 bits per heavy atom. The summed E-state index contributed by atoms with van der Waals surface area (Å²) in [4.78, 5) is 22.9. The molecule has 0 unspecified atom stereocenters. The third-order valence-electron chi connectivity index (χ3n) is 2.57. The van der Waals surface area contributed by atoms with Crippen molar-refractivity contribution < 1.29 is 13.9 Å². The first kappa shape index (κ1) is 16.1. The van der Waals surface area contributed by atoms with Gasteiger partial charge in [0.05, 0.1) is 0 Å². The van der Waals surface area contributed by atoms with E-state index in [1.807, 2.05) is 30.3 Å². The normalized spacial score (nSPS) is 11.1. The van der Waals surface area contributed by atoms with Crippen molar-refractivity contribution in [3.8, 4) is 0 Å². The molecule has 22 heavy (non-hydrogen) atoms. The molecule has 6 nitrogen and oxygen atoms in total. The van der Waals surface area contributed by atoms with E-state index in [0.29, 0.717) is 0 Å². The molecule has 1 heterocycles. The Morgan fingerprint density at radius 3 is 2.59 bits per heavy atom. The molecule has 0 spiro atoms. The number of rotatable bonds is 4. The molecular formula is C14H14ClFN4O2. The molecule has 0 radical (unpaired) electrons. The van der Waals surface area contributed by atoms with Crippen LogP contribution in [0.4, 0.5) is 15.1 Å². The van der Waals surface area contributed by atoms with E-state index in [1.165, 1.54) is 13.8 Å². The lowest BCUT2D eigenvalue weighted by Gasteiger charge is -2.13. The average Bonchev–Trinajstić information content (AvgIpc) is 2.45. The van der Waals surface area contributed by atoms with Gasteiger partial charge in [0, 0.05) is 0 Å². The van der Waals surface area contributed by atoms with Crippen LogP contribution in [-0.4, -0.2) is 21.0 Å². The van der Waals surface area contributed by atoms with E-state index in [9.17, 15) is 9.18 Å². The van der Waals surface area contributed by atoms with Crippen LogP contribution in [0.25, 0.3) is 0 Å². The van der Waals surface area contributed by atoms with E-state index in [2.05, 4.69) is 20.3 Å². The standard InChI is InChI=1S/C14H14ClFN4O2/c1-14(2,16)10-17-11(15)19-12(18-10)20-13(21)22-8-9-6-4-3-5-7-9/h3-7H,8H2,1-2H3,(H,17,18,19,20,21). The van der Waals surface area contributed by atoms with Crippen LogP contribution < -0.4 is 5.32 Å². The van der Waals surface area contributed by atoms with Gasteiger partial charge in [-0.1, -0.05) is 30.3 Å². The number of anilines is 1. The van der Waals surface area contributed by atoms with Gasteiger partial charge in [-0.3, -0.25) is 5.32 Å². The third kappa shape index (κ3) is 4.63. The second-order valence-electron chi connectivity index (χ2n) is 4.91. The number of ether oxygens (including phenoxy) is 1. The van der Waals surface area contributed by atoms with Crippen LogP contribution in [0.1, 0.15) is 25.2 Å². The minimum atomic E-state index is -1.81. The van der Waals surface area contributed by atoms with Crippen molar-refractivity contribution in [3.63, 3.8) is 0 Å². The molecule has 0 fully saturated rings. The Kier molecular flexibility index (Phi) is 4.87. The summed E-state index contributed by atoms with van der Waals surface area (Å²) >= 11 is 5.69. The van der Waals surface area contributed by atoms with Gasteiger partial charge in [0.2, 0.25) is 11.2 Å². The Labute approximate surface area is 131 Å². The van der Waals surface area contributed by atoms with Crippen LogP contribution in [-0.2, 0) is 17.0 Å². The molecule has 1 amide bonds. The number of halogens is 2. The van der Waals surface area contributed by atoms with E-state index in [0.717, 1.165) is 5.56 Å². The van der Waals surface area contributed by atoms with Crippen LogP contribution in [0.2, 0.25) is 5.28 Å². The average molecular weight is 325 g/mol. The topological polar surface area (TPSA) is 77.0 Å². The molecule has 0 saturated heterocycles. The summed E-state index contributed by atoms with van der Waals surface area (Å²) in [5.41, 5.74) is -0.978. The summed E-state index contributed by atoms with van der Waals surface area (Å²) in [6.07, 6.45) is -0.770. The van der Waals surface area contributed by atoms with Gasteiger partial charge in [-0.2, -0.15) is 15.0 Å². The maximum absolute atomic E-state index is 13.8. The van der Waals surface area contributed by atoms with Crippen LogP contribution in [0.3, 0.4) is 0 Å². The number of amides is 1. The summed E-state index contributed by atoms with van der Waals surface area (Å²) in [6.45, 7) is 2.64. The van der Waals surface area contributed by atoms with Crippen LogP contribution >= 0.6 is 11.6 Å². The summed E-state index contributed by atoms with van der Waals surface area (Å²) in [6, 6.07) is 9.15. The zero-order valence-electron chi connectivity index (χ0n) is 12.0. The molecule has 0 aliphatic heterocycles. The SMILES string of the molecule is CC(C)(F)c1nc(Cl)nc(NC(=O)OCc2ccccc2)n1. The summed E-state index contributed by atoms with van der Waals surface area (Å²) in [5, 5.41) is 2.08. The van der Waals surface area contributed by atoms with Crippen LogP contribution in [0.5, 0.6) is 0 Å². The predicted octanol–water partition coefficient (Wildman–Crippen LogP) is 3.48. The summed E-state index contributed by atoms with van der Waals surface area (Å²) < 4.78 is 18.8. The fourth-order valence-corrected chi connectivity index (χ4v) is 1.68. The van der Waals surface area contributed by atoms with Crippen molar-refractivity contribution in [2.75, 3.05) is 5.32 Å². The molecule has 0 atom stereocenters. The fraction of sp³-hybridized carbons (Fsp3) is 0.286. The van der Waals surface area contributed by atoms with Crippen molar-refractivity contribution >= 4 is 23.6 Å². The Hall–Kier alpha value is -2.28. The molecular weight excluding hydrogens is 311 g/mol. The molecule has 116 valence electrons. The lowest BCUT2D eigenvalue weighted by atomic mass is 10.1. The number of hydrogen-bond acceptors (Lipinski definition) is 5. The monoisotopic (exact) mass is 324 g/mol. The van der Waals surface area contributed by atoms with Gasteiger partial charge in [-0.25, -0.2) is 9.18 Å². The first-order valence-corrected chi connectivity index (χ1v) is 6.81. The highest BCUT2D eigenvalue weighted by Crippen LogP contribution is 2.22. The Morgan fingerprint density at radius 2 is 1.95 bits per heavy atom. The molecule has 0 aliphatic rings. The lowest BCUT2D eigenvalue weighted by Crippen LogP contribution is -2.20. The zero-order chi connectivity index (χ0) is 16.2. The molecule has 1 N–H and O–H groups in total. The van der Waals surface area contributed by atoms with Gasteiger partial charge in [0.25, 0.3) is 0 Å². The number of carbonyl (C=O) groups excluding carboxylic acids is 1. The predicted molar refractivity (Wildman–Crippen MR) is 79.2 cm³/mol. The third-order valence-corrected chi connectivity index (χ3v) is 2.74. The Balaban J connectivity index is 2.01. The van der Waals surface area contributed by atoms with E-state index in [4.69, 9.17) is 16.3 Å². The summed E-state index contributed by atoms with van der Waals surface area (Å²) in [7, 11) is 0. The largest absolute Gasteiger partial charge is 0.444 e. The minimum Gasteiger partial charge on any atom is -0.444 e. The van der Waals surface area contributed by atoms with Crippen molar-refractivity contribution in [2.24, 2.45) is 0 Å². The first-order chi connectivity index (χ1) is 10.3. The molecule has 1 aromatic carbocycles. The van der Waals surface area contributed by atoms with Gasteiger partial charge < -0.3 is 4.74 Å². The van der Waals surface area contributed by atoms with Gasteiger partial charge in [-0.15, -0.1) is 0 Å². The number of hydrogen-bond donors (Lipinski definition) is 1. The number of alkyl halides is 1. The van der Waals surface area contributed by atoms with E-state index in [1.54, 1.807) is 0 Å². The number of nitrogens with zero attached hydrogens (tertiary/aromatic N) is 3. The molecule has 1 aromatic heterocycles. The molecule has 8 heteroatoms. The van der Waals surface area contributed by atoms with Crippen molar-refractivity contribution in [1.82, 2.24) is 15.0 Å². The van der Waals surface area contributed by atoms with Crippen molar-refractivity contribution in [1.29, 1.82) is 0 Å². The lowest BCUT2D eigenvalue weighted by molar-refractivity contribution is 0.154. The second-order valence-corrected chi connectivity index (χ2v) is 5.25. The van der Waals surface area contributed by atoms with E-state index in [-0.39, 0.29) is 23.7 Å². The highest BCUT2D eigenvalue weighted by Gasteiger charge is 2.24. The van der Waals surface area contributed by atoms with Gasteiger partial charge in [-0.05, 0) is 31.0 Å². The highest BCUT2D eigenvalue weighted by atomic mass is 35.5. The van der Waals surface area contributed by atoms with E-state index >= 15 is 0 Å². The number of aromatic nitrogens is 3. The van der Waals surface area contributed by atoms with Crippen LogP contribution in [0.15, 0.2) is 30.3 Å². The maximum Gasteiger partial charge on any atom is 0.414 e. The molecule has 0 saturated carbocycles. The van der Waals surface area contributed by atoms with Gasteiger partial charge in [0.1, 0.15) is 6.61 Å². The summed E-state index contributed by atoms with van der Waals surface area (Å²) in [5.74, 6) is -0.343. The molecule has 2 aromatic rings. The fourth-order valence-electron chi connectivity index (χ4n) is 1.52.